The van der Waals surface area contributed by atoms with E-state index in [-0.39, 0.29) is 0 Å². The fourth-order valence-electron chi connectivity index (χ4n) is 2.82. The lowest BCUT2D eigenvalue weighted by atomic mass is 9.85. The van der Waals surface area contributed by atoms with Gasteiger partial charge in [-0.15, -0.1) is 11.6 Å². The third kappa shape index (κ3) is 1.19. The standard InChI is InChI=1S/C9H15ClO/c1-11-6-9-3-2-7(4-9)8(10)5-9/h7-8H,2-6H2,1H3. The molecule has 3 atom stereocenters. The van der Waals surface area contributed by atoms with Crippen LogP contribution in [-0.4, -0.2) is 19.1 Å². The smallest absolute Gasteiger partial charge is 0.0519 e. The highest BCUT2D eigenvalue weighted by Gasteiger charge is 2.49. The third-order valence-electron chi connectivity index (χ3n) is 3.33. The highest BCUT2D eigenvalue weighted by Crippen LogP contribution is 2.55. The molecular weight excluding hydrogens is 160 g/mol. The Morgan fingerprint density at radius 2 is 2.36 bits per heavy atom. The molecule has 0 aromatic heterocycles. The summed E-state index contributed by atoms with van der Waals surface area (Å²) in [5, 5.41) is 0.443. The summed E-state index contributed by atoms with van der Waals surface area (Å²) in [6.07, 6.45) is 5.17. The topological polar surface area (TPSA) is 9.23 Å². The van der Waals surface area contributed by atoms with Crippen molar-refractivity contribution in [3.63, 3.8) is 0 Å². The van der Waals surface area contributed by atoms with Gasteiger partial charge in [0.1, 0.15) is 0 Å². The van der Waals surface area contributed by atoms with E-state index in [1.165, 1.54) is 25.7 Å². The van der Waals surface area contributed by atoms with Crippen LogP contribution in [0.4, 0.5) is 0 Å². The maximum Gasteiger partial charge on any atom is 0.0519 e. The van der Waals surface area contributed by atoms with Crippen molar-refractivity contribution in [3.05, 3.63) is 0 Å². The molecule has 0 amide bonds. The van der Waals surface area contributed by atoms with E-state index in [0.717, 1.165) is 12.5 Å². The van der Waals surface area contributed by atoms with Crippen molar-refractivity contribution < 1.29 is 4.74 Å². The van der Waals surface area contributed by atoms with Crippen molar-refractivity contribution >= 4 is 11.6 Å². The van der Waals surface area contributed by atoms with Crippen LogP contribution in [0.5, 0.6) is 0 Å². The lowest BCUT2D eigenvalue weighted by Crippen LogP contribution is -2.23. The minimum Gasteiger partial charge on any atom is -0.384 e. The van der Waals surface area contributed by atoms with E-state index < -0.39 is 0 Å². The molecular formula is C9H15ClO. The van der Waals surface area contributed by atoms with Gasteiger partial charge in [0.25, 0.3) is 0 Å². The van der Waals surface area contributed by atoms with Gasteiger partial charge < -0.3 is 4.74 Å². The number of alkyl halides is 1. The minimum absolute atomic E-state index is 0.443. The van der Waals surface area contributed by atoms with Crippen molar-refractivity contribution in [1.29, 1.82) is 0 Å². The molecule has 2 aliphatic rings. The SMILES string of the molecule is COCC12CCC(C1)C(Cl)C2. The van der Waals surface area contributed by atoms with Crippen LogP contribution in [-0.2, 0) is 4.74 Å². The molecule has 0 aliphatic heterocycles. The van der Waals surface area contributed by atoms with Crippen LogP contribution >= 0.6 is 11.6 Å². The van der Waals surface area contributed by atoms with E-state index >= 15 is 0 Å². The molecule has 2 heteroatoms. The van der Waals surface area contributed by atoms with Gasteiger partial charge >= 0.3 is 0 Å². The van der Waals surface area contributed by atoms with Crippen molar-refractivity contribution in [2.24, 2.45) is 11.3 Å². The Hall–Kier alpha value is 0.250. The van der Waals surface area contributed by atoms with Gasteiger partial charge in [-0.05, 0) is 37.0 Å². The first-order valence-electron chi connectivity index (χ1n) is 4.39. The van der Waals surface area contributed by atoms with Gasteiger partial charge in [0, 0.05) is 12.5 Å². The zero-order chi connectivity index (χ0) is 7.90. The second kappa shape index (κ2) is 2.63. The minimum atomic E-state index is 0.443. The molecule has 0 aromatic carbocycles. The van der Waals surface area contributed by atoms with Gasteiger partial charge in [0.2, 0.25) is 0 Å². The molecule has 3 unspecified atom stereocenters. The molecule has 0 spiro atoms. The molecule has 0 saturated heterocycles. The van der Waals surface area contributed by atoms with Crippen molar-refractivity contribution in [2.45, 2.75) is 31.1 Å². The molecule has 64 valence electrons. The molecule has 0 heterocycles. The predicted molar refractivity (Wildman–Crippen MR) is 45.9 cm³/mol. The largest absolute Gasteiger partial charge is 0.384 e. The second-order valence-corrected chi connectivity index (χ2v) is 4.72. The van der Waals surface area contributed by atoms with Gasteiger partial charge in [-0.1, -0.05) is 0 Å². The van der Waals surface area contributed by atoms with Gasteiger partial charge in [0.05, 0.1) is 6.61 Å². The lowest BCUT2D eigenvalue weighted by Gasteiger charge is -2.26. The fourth-order valence-corrected chi connectivity index (χ4v) is 3.36. The highest BCUT2D eigenvalue weighted by atomic mass is 35.5. The quantitative estimate of drug-likeness (QED) is 0.585. The first-order valence-corrected chi connectivity index (χ1v) is 4.82. The molecule has 2 rings (SSSR count). The molecule has 0 N–H and O–H groups in total. The summed E-state index contributed by atoms with van der Waals surface area (Å²) in [4.78, 5) is 0. The summed E-state index contributed by atoms with van der Waals surface area (Å²) in [7, 11) is 1.80. The number of ether oxygens (including phenoxy) is 1. The molecule has 0 radical (unpaired) electrons. The number of rotatable bonds is 2. The van der Waals surface area contributed by atoms with E-state index in [1.54, 1.807) is 7.11 Å². The van der Waals surface area contributed by atoms with Crippen molar-refractivity contribution in [1.82, 2.24) is 0 Å². The van der Waals surface area contributed by atoms with Gasteiger partial charge in [0.15, 0.2) is 0 Å². The molecule has 1 nitrogen and oxygen atoms in total. The molecule has 0 aromatic rings. The lowest BCUT2D eigenvalue weighted by molar-refractivity contribution is 0.0864. The molecule has 2 bridgehead atoms. The summed E-state index contributed by atoms with van der Waals surface area (Å²) >= 11 is 6.18. The normalized spacial score (nSPS) is 48.5. The maximum atomic E-state index is 6.18. The Balaban J connectivity index is 2.05. The maximum absolute atomic E-state index is 6.18. The number of methoxy groups -OCH3 is 1. The Morgan fingerprint density at radius 3 is 2.82 bits per heavy atom. The van der Waals surface area contributed by atoms with Crippen LogP contribution in [0.1, 0.15) is 25.7 Å². The summed E-state index contributed by atoms with van der Waals surface area (Å²) in [6.45, 7) is 0.923. The predicted octanol–water partition coefficient (Wildman–Crippen LogP) is 2.43. The Kier molecular flexibility index (Phi) is 1.89. The Morgan fingerprint density at radius 1 is 1.55 bits per heavy atom. The average molecular weight is 175 g/mol. The first-order chi connectivity index (χ1) is 5.26. The zero-order valence-electron chi connectivity index (χ0n) is 6.98. The van der Waals surface area contributed by atoms with Crippen LogP contribution in [0, 0.1) is 11.3 Å². The van der Waals surface area contributed by atoms with Crippen LogP contribution < -0.4 is 0 Å². The van der Waals surface area contributed by atoms with Crippen LogP contribution in [0.2, 0.25) is 0 Å². The van der Waals surface area contributed by atoms with Gasteiger partial charge in [-0.3, -0.25) is 0 Å². The fraction of sp³-hybridized carbons (Fsp3) is 1.00. The monoisotopic (exact) mass is 174 g/mol. The second-order valence-electron chi connectivity index (χ2n) is 4.16. The van der Waals surface area contributed by atoms with E-state index in [1.807, 2.05) is 0 Å². The average Bonchev–Trinajstić information content (AvgIpc) is 2.44. The summed E-state index contributed by atoms with van der Waals surface area (Å²) in [5.41, 5.74) is 0.478. The van der Waals surface area contributed by atoms with E-state index in [2.05, 4.69) is 0 Å². The van der Waals surface area contributed by atoms with E-state index in [0.29, 0.717) is 10.8 Å². The van der Waals surface area contributed by atoms with Gasteiger partial charge in [-0.2, -0.15) is 0 Å². The van der Waals surface area contributed by atoms with Crippen LogP contribution in [0.25, 0.3) is 0 Å². The molecule has 2 aliphatic carbocycles. The van der Waals surface area contributed by atoms with Crippen molar-refractivity contribution in [3.8, 4) is 0 Å². The molecule has 11 heavy (non-hydrogen) atoms. The first kappa shape index (κ1) is 7.88. The third-order valence-corrected chi connectivity index (χ3v) is 3.84. The Labute approximate surface area is 73.1 Å². The molecule has 2 fully saturated rings. The van der Waals surface area contributed by atoms with Crippen LogP contribution in [0.3, 0.4) is 0 Å². The summed E-state index contributed by atoms with van der Waals surface area (Å²) in [6, 6.07) is 0. The van der Waals surface area contributed by atoms with Crippen LogP contribution in [0.15, 0.2) is 0 Å². The highest BCUT2D eigenvalue weighted by molar-refractivity contribution is 6.21. The summed E-state index contributed by atoms with van der Waals surface area (Å²) < 4.78 is 5.24. The number of hydrogen-bond acceptors (Lipinski definition) is 1. The van der Waals surface area contributed by atoms with Gasteiger partial charge in [-0.25, -0.2) is 0 Å². The number of halogens is 1. The van der Waals surface area contributed by atoms with E-state index in [9.17, 15) is 0 Å². The van der Waals surface area contributed by atoms with E-state index in [4.69, 9.17) is 16.3 Å². The van der Waals surface area contributed by atoms with Crippen molar-refractivity contribution in [2.75, 3.05) is 13.7 Å². The number of fused-ring (bicyclic) bond motifs is 2. The summed E-state index contributed by atoms with van der Waals surface area (Å²) in [5.74, 6) is 0.798. The molecule has 2 saturated carbocycles. The number of hydrogen-bond donors (Lipinski definition) is 0. The Bertz CT molecular complexity index is 156. The zero-order valence-corrected chi connectivity index (χ0v) is 7.73.